The number of hydrogen-bond donors (Lipinski definition) is 0. The summed E-state index contributed by atoms with van der Waals surface area (Å²) in [5.41, 5.74) is 3.75. The monoisotopic (exact) mass is 284 g/mol. The molecule has 3 aromatic rings. The molecule has 0 aliphatic heterocycles. The van der Waals surface area contributed by atoms with E-state index in [0.717, 1.165) is 40.3 Å². The van der Waals surface area contributed by atoms with Crippen LogP contribution in [0.5, 0.6) is 0 Å². The van der Waals surface area contributed by atoms with Crippen LogP contribution in [0.2, 0.25) is 0 Å². The van der Waals surface area contributed by atoms with Crippen molar-refractivity contribution in [2.45, 2.75) is 26.7 Å². The zero-order valence-corrected chi connectivity index (χ0v) is 12.4. The van der Waals surface area contributed by atoms with E-state index in [4.69, 9.17) is 0 Å². The van der Waals surface area contributed by atoms with E-state index in [1.54, 1.807) is 4.40 Å². The Kier molecular flexibility index (Phi) is 3.40. The van der Waals surface area contributed by atoms with Crippen LogP contribution in [-0.4, -0.2) is 9.38 Å². The van der Waals surface area contributed by atoms with Crippen LogP contribution in [-0.2, 0) is 6.42 Å². The number of fused-ring (bicyclic) bond motifs is 1. The fourth-order valence-electron chi connectivity index (χ4n) is 2.43. The van der Waals surface area contributed by atoms with Gasteiger partial charge in [0.25, 0.3) is 5.56 Å². The van der Waals surface area contributed by atoms with E-state index in [0.29, 0.717) is 0 Å². The molecule has 0 aliphatic carbocycles. The largest absolute Gasteiger partial charge is 0.269 e. The van der Waals surface area contributed by atoms with E-state index < -0.39 is 0 Å². The van der Waals surface area contributed by atoms with Gasteiger partial charge in [0.05, 0.1) is 5.69 Å². The molecule has 2 heterocycles. The van der Waals surface area contributed by atoms with Crippen LogP contribution >= 0.6 is 11.3 Å². The number of rotatable bonds is 3. The van der Waals surface area contributed by atoms with E-state index in [-0.39, 0.29) is 5.56 Å². The number of thiazole rings is 1. The van der Waals surface area contributed by atoms with Crippen molar-refractivity contribution in [3.8, 4) is 11.3 Å². The average Bonchev–Trinajstić information content (AvgIpc) is 2.88. The molecule has 3 rings (SSSR count). The maximum atomic E-state index is 12.7. The van der Waals surface area contributed by atoms with Crippen molar-refractivity contribution >= 4 is 16.3 Å². The molecule has 0 bridgehead atoms. The molecule has 0 fully saturated rings. The minimum Gasteiger partial charge on any atom is -0.269 e. The Morgan fingerprint density at radius 2 is 2.00 bits per heavy atom. The minimum atomic E-state index is 0.0782. The fourth-order valence-corrected chi connectivity index (χ4v) is 3.37. The van der Waals surface area contributed by atoms with E-state index in [1.165, 1.54) is 11.3 Å². The second-order valence-corrected chi connectivity index (χ2v) is 5.67. The molecule has 102 valence electrons. The molecule has 0 atom stereocenters. The van der Waals surface area contributed by atoms with Crippen molar-refractivity contribution in [2.24, 2.45) is 0 Å². The lowest BCUT2D eigenvalue weighted by Crippen LogP contribution is -2.21. The van der Waals surface area contributed by atoms with Crippen LogP contribution < -0.4 is 5.56 Å². The minimum absolute atomic E-state index is 0.0782. The van der Waals surface area contributed by atoms with Crippen LogP contribution in [0.25, 0.3) is 16.2 Å². The van der Waals surface area contributed by atoms with Crippen molar-refractivity contribution in [1.82, 2.24) is 9.38 Å². The van der Waals surface area contributed by atoms with E-state index in [1.807, 2.05) is 42.6 Å². The van der Waals surface area contributed by atoms with Gasteiger partial charge in [-0.3, -0.25) is 9.20 Å². The third-order valence-electron chi connectivity index (χ3n) is 3.44. The van der Waals surface area contributed by atoms with Gasteiger partial charge in [-0.1, -0.05) is 43.7 Å². The highest BCUT2D eigenvalue weighted by Crippen LogP contribution is 2.24. The zero-order chi connectivity index (χ0) is 14.1. The number of aryl methyl sites for hydroxylation is 1. The highest BCUT2D eigenvalue weighted by molar-refractivity contribution is 7.15. The van der Waals surface area contributed by atoms with Crippen LogP contribution in [0.4, 0.5) is 0 Å². The van der Waals surface area contributed by atoms with Gasteiger partial charge < -0.3 is 0 Å². The molecule has 20 heavy (non-hydrogen) atoms. The van der Waals surface area contributed by atoms with E-state index >= 15 is 0 Å². The van der Waals surface area contributed by atoms with Crippen LogP contribution in [0.15, 0.2) is 40.5 Å². The Balaban J connectivity index is 2.32. The Morgan fingerprint density at radius 1 is 1.25 bits per heavy atom. The predicted octanol–water partition coefficient (Wildman–Crippen LogP) is 3.68. The highest BCUT2D eigenvalue weighted by Gasteiger charge is 2.14. The molecule has 0 N–H and O–H groups in total. The number of aromatic nitrogens is 2. The summed E-state index contributed by atoms with van der Waals surface area (Å²) in [4.78, 5) is 18.1. The van der Waals surface area contributed by atoms with Crippen molar-refractivity contribution in [2.75, 3.05) is 0 Å². The Labute approximate surface area is 121 Å². The molecule has 0 amide bonds. The summed E-state index contributed by atoms with van der Waals surface area (Å²) in [7, 11) is 0. The molecule has 0 saturated heterocycles. The molecule has 1 aromatic carbocycles. The molecule has 0 saturated carbocycles. The lowest BCUT2D eigenvalue weighted by molar-refractivity contribution is 0.864. The first-order valence-corrected chi connectivity index (χ1v) is 7.65. The lowest BCUT2D eigenvalue weighted by Gasteiger charge is -2.06. The van der Waals surface area contributed by atoms with E-state index in [9.17, 15) is 4.79 Å². The Morgan fingerprint density at radius 3 is 2.70 bits per heavy atom. The summed E-state index contributed by atoms with van der Waals surface area (Å²) in [5.74, 6) is 0. The summed E-state index contributed by atoms with van der Waals surface area (Å²) in [5, 5.41) is 2.01. The second kappa shape index (κ2) is 5.21. The van der Waals surface area contributed by atoms with E-state index in [2.05, 4.69) is 11.9 Å². The third kappa shape index (κ3) is 2.06. The SMILES string of the molecule is CCCc1c(C)nc2scc(-c3ccccc3)n2c1=O. The first-order chi connectivity index (χ1) is 9.72. The summed E-state index contributed by atoms with van der Waals surface area (Å²) in [6.07, 6.45) is 1.74. The van der Waals surface area contributed by atoms with Gasteiger partial charge in [-0.2, -0.15) is 0 Å². The quantitative estimate of drug-likeness (QED) is 0.735. The molecule has 0 unspecified atom stereocenters. The predicted molar refractivity (Wildman–Crippen MR) is 83.5 cm³/mol. The first-order valence-electron chi connectivity index (χ1n) is 6.77. The molecule has 4 heteroatoms. The average molecular weight is 284 g/mol. The summed E-state index contributed by atoms with van der Waals surface area (Å²) < 4.78 is 1.75. The van der Waals surface area contributed by atoms with Gasteiger partial charge in [0, 0.05) is 16.6 Å². The standard InChI is InChI=1S/C16H16N2OS/c1-3-7-13-11(2)17-16-18(15(13)19)14(10-20-16)12-8-5-4-6-9-12/h4-6,8-10H,3,7H2,1-2H3. The molecule has 3 nitrogen and oxygen atoms in total. The summed E-state index contributed by atoms with van der Waals surface area (Å²) >= 11 is 1.52. The second-order valence-electron chi connectivity index (χ2n) is 4.84. The molecule has 2 aromatic heterocycles. The molecular weight excluding hydrogens is 268 g/mol. The van der Waals surface area contributed by atoms with Gasteiger partial charge in [-0.05, 0) is 18.9 Å². The van der Waals surface area contributed by atoms with Gasteiger partial charge in [-0.25, -0.2) is 4.98 Å². The van der Waals surface area contributed by atoms with Crippen molar-refractivity contribution in [3.05, 3.63) is 57.3 Å². The summed E-state index contributed by atoms with van der Waals surface area (Å²) in [6, 6.07) is 9.99. The highest BCUT2D eigenvalue weighted by atomic mass is 32.1. The first kappa shape index (κ1) is 13.1. The van der Waals surface area contributed by atoms with Crippen LogP contribution in [0.3, 0.4) is 0 Å². The zero-order valence-electron chi connectivity index (χ0n) is 11.6. The van der Waals surface area contributed by atoms with Gasteiger partial charge in [-0.15, -0.1) is 11.3 Å². The lowest BCUT2D eigenvalue weighted by atomic mass is 10.1. The van der Waals surface area contributed by atoms with Gasteiger partial charge in [0.1, 0.15) is 0 Å². The number of nitrogens with zero attached hydrogens (tertiary/aromatic N) is 2. The number of hydrogen-bond acceptors (Lipinski definition) is 3. The topological polar surface area (TPSA) is 34.4 Å². The Hall–Kier alpha value is -1.94. The fraction of sp³-hybridized carbons (Fsp3) is 0.250. The van der Waals surface area contributed by atoms with Crippen molar-refractivity contribution in [3.63, 3.8) is 0 Å². The number of benzene rings is 1. The molecule has 0 spiro atoms. The maximum absolute atomic E-state index is 12.7. The maximum Gasteiger partial charge on any atom is 0.262 e. The van der Waals surface area contributed by atoms with Crippen molar-refractivity contribution < 1.29 is 0 Å². The van der Waals surface area contributed by atoms with Gasteiger partial charge in [0.15, 0.2) is 4.96 Å². The molecule has 0 aliphatic rings. The van der Waals surface area contributed by atoms with Crippen LogP contribution in [0.1, 0.15) is 24.6 Å². The van der Waals surface area contributed by atoms with Gasteiger partial charge >= 0.3 is 0 Å². The van der Waals surface area contributed by atoms with Gasteiger partial charge in [0.2, 0.25) is 0 Å². The normalized spacial score (nSPS) is 11.1. The summed E-state index contributed by atoms with van der Waals surface area (Å²) in [6.45, 7) is 4.01. The molecular formula is C16H16N2OS. The Bertz CT molecular complexity index is 802. The third-order valence-corrected chi connectivity index (χ3v) is 4.26. The molecule has 0 radical (unpaired) electrons. The van der Waals surface area contributed by atoms with Crippen LogP contribution in [0, 0.1) is 6.92 Å². The smallest absolute Gasteiger partial charge is 0.262 e. The van der Waals surface area contributed by atoms with Crippen molar-refractivity contribution in [1.29, 1.82) is 0 Å².